The number of carbonyl (C=O) groups is 6. The maximum Gasteiger partial charge on any atom is 0.336 e. The highest BCUT2D eigenvalue weighted by Gasteiger charge is 2.17. The fourth-order valence-electron chi connectivity index (χ4n) is 3.38. The number of hydrogen-bond donors (Lipinski definition) is 3. The van der Waals surface area contributed by atoms with Gasteiger partial charge in [-0.1, -0.05) is 0 Å². The van der Waals surface area contributed by atoms with E-state index in [1.54, 1.807) is 0 Å². The predicted molar refractivity (Wildman–Crippen MR) is 137 cm³/mol. The van der Waals surface area contributed by atoms with Crippen molar-refractivity contribution in [3.8, 4) is 0 Å². The van der Waals surface area contributed by atoms with Crippen molar-refractivity contribution in [2.45, 2.75) is 77.4 Å². The van der Waals surface area contributed by atoms with Gasteiger partial charge in [-0.15, -0.1) is 0 Å². The summed E-state index contributed by atoms with van der Waals surface area (Å²) in [5.41, 5.74) is -3.35. The minimum atomic E-state index is -1.12. The highest BCUT2D eigenvalue weighted by molar-refractivity contribution is 5.72. The average molecular weight is 604 g/mol. The summed E-state index contributed by atoms with van der Waals surface area (Å²) < 4.78 is 16.5. The van der Waals surface area contributed by atoms with Gasteiger partial charge < -0.3 is 29.5 Å². The van der Waals surface area contributed by atoms with Crippen LogP contribution in [0.1, 0.15) is 57.8 Å². The summed E-state index contributed by atoms with van der Waals surface area (Å²) in [6, 6.07) is 0. The molecule has 0 saturated heterocycles. The lowest BCUT2D eigenvalue weighted by Gasteiger charge is -2.14. The number of esters is 3. The van der Waals surface area contributed by atoms with Gasteiger partial charge in [0.25, 0.3) is 0 Å². The number of aliphatic carboxylic acids is 3. The Balaban J connectivity index is 3.01. The van der Waals surface area contributed by atoms with Crippen LogP contribution in [0.25, 0.3) is 0 Å². The van der Waals surface area contributed by atoms with Crippen molar-refractivity contribution < 1.29 is 58.3 Å². The monoisotopic (exact) mass is 603 g/mol. The van der Waals surface area contributed by atoms with Gasteiger partial charge in [0.15, 0.2) is 0 Å². The fraction of sp³-hybridized carbons (Fsp3) is 0.625. The zero-order valence-electron chi connectivity index (χ0n) is 22.7. The van der Waals surface area contributed by atoms with Gasteiger partial charge in [-0.2, -0.15) is 0 Å². The van der Waals surface area contributed by atoms with E-state index < -0.39 is 92.3 Å². The van der Waals surface area contributed by atoms with Crippen molar-refractivity contribution in [1.82, 2.24) is 13.7 Å². The summed E-state index contributed by atoms with van der Waals surface area (Å²) in [5.74, 6) is -5.63. The van der Waals surface area contributed by atoms with Crippen LogP contribution in [0.3, 0.4) is 0 Å². The molecular weight excluding hydrogens is 570 g/mol. The molecule has 1 rings (SSSR count). The summed E-state index contributed by atoms with van der Waals surface area (Å²) >= 11 is 0. The van der Waals surface area contributed by atoms with Crippen LogP contribution in [0.4, 0.5) is 0 Å². The zero-order valence-corrected chi connectivity index (χ0v) is 22.7. The molecule has 0 radical (unpaired) electrons. The Bertz CT molecular complexity index is 1120. The highest BCUT2D eigenvalue weighted by Crippen LogP contribution is 2.00. The molecule has 1 aromatic rings. The molecule has 1 heterocycles. The lowest BCUT2D eigenvalue weighted by Crippen LogP contribution is -2.55. The van der Waals surface area contributed by atoms with Crippen LogP contribution in [-0.2, 0) is 62.6 Å². The molecule has 0 atom stereocenters. The number of hydrogen-bond acceptors (Lipinski definition) is 12. The van der Waals surface area contributed by atoms with Crippen LogP contribution in [0.15, 0.2) is 14.4 Å². The largest absolute Gasteiger partial charge is 0.481 e. The number of nitrogens with zero attached hydrogens (tertiary/aromatic N) is 3. The molecule has 1 aromatic heterocycles. The van der Waals surface area contributed by atoms with Gasteiger partial charge in [0.05, 0.1) is 19.6 Å². The number of carboxylic acids is 3. The van der Waals surface area contributed by atoms with Gasteiger partial charge in [-0.3, -0.25) is 28.8 Å². The summed E-state index contributed by atoms with van der Waals surface area (Å²) in [6.45, 7) is -2.91. The van der Waals surface area contributed by atoms with E-state index in [4.69, 9.17) is 29.5 Å². The van der Waals surface area contributed by atoms with Crippen molar-refractivity contribution in [2.24, 2.45) is 0 Å². The van der Waals surface area contributed by atoms with Crippen molar-refractivity contribution in [1.29, 1.82) is 0 Å². The molecule has 0 unspecified atom stereocenters. The molecule has 0 aliphatic heterocycles. The first-order valence-corrected chi connectivity index (χ1v) is 12.9. The smallest absolute Gasteiger partial charge is 0.336 e. The number of rotatable bonds is 21. The topological polar surface area (TPSA) is 257 Å². The molecule has 234 valence electrons. The molecule has 18 heteroatoms. The zero-order chi connectivity index (χ0) is 31.7. The first-order valence-electron chi connectivity index (χ1n) is 12.9. The Morgan fingerprint density at radius 2 is 0.690 bits per heavy atom. The maximum absolute atomic E-state index is 12.9. The Kier molecular flexibility index (Phi) is 15.6. The Labute approximate surface area is 237 Å². The number of aromatic nitrogens is 3. The first-order chi connectivity index (χ1) is 19.8. The van der Waals surface area contributed by atoms with Crippen LogP contribution in [0.5, 0.6) is 0 Å². The minimum absolute atomic E-state index is 0.00978. The summed E-state index contributed by atoms with van der Waals surface area (Å²) in [4.78, 5) is 106. The molecule has 0 aromatic carbocycles. The van der Waals surface area contributed by atoms with E-state index >= 15 is 0 Å². The molecule has 0 fully saturated rings. The van der Waals surface area contributed by atoms with Gasteiger partial charge in [-0.05, 0) is 19.3 Å². The molecule has 18 nitrogen and oxygen atoms in total. The number of carbonyl (C=O) groups excluding carboxylic acids is 3. The first kappa shape index (κ1) is 35.3. The second kappa shape index (κ2) is 18.6. The van der Waals surface area contributed by atoms with Crippen LogP contribution in [0, 0.1) is 0 Å². The third kappa shape index (κ3) is 13.5. The Hall–Kier alpha value is -4.77. The highest BCUT2D eigenvalue weighted by atomic mass is 16.5. The Morgan fingerprint density at radius 1 is 0.452 bits per heavy atom. The molecule has 0 spiro atoms. The molecule has 3 N–H and O–H groups in total. The van der Waals surface area contributed by atoms with Gasteiger partial charge >= 0.3 is 52.9 Å². The number of carboxylic acid groups (broad SMARTS) is 3. The fourth-order valence-corrected chi connectivity index (χ4v) is 3.38. The SMILES string of the molecule is O=C(O)CCCC(=O)OCCn1c(=O)n(CCOC(=O)CCCC(=O)O)c(=O)n(CCOC(=O)CCCC(=O)O)c1=O. The maximum atomic E-state index is 12.9. The van der Waals surface area contributed by atoms with Crippen molar-refractivity contribution in [2.75, 3.05) is 19.8 Å². The minimum Gasteiger partial charge on any atom is -0.481 e. The van der Waals surface area contributed by atoms with Gasteiger partial charge in [0.2, 0.25) is 0 Å². The van der Waals surface area contributed by atoms with Crippen LogP contribution >= 0.6 is 0 Å². The van der Waals surface area contributed by atoms with E-state index in [1.165, 1.54) is 0 Å². The molecule has 0 aliphatic rings. The van der Waals surface area contributed by atoms with Crippen molar-refractivity contribution >= 4 is 35.8 Å². The van der Waals surface area contributed by atoms with Crippen LogP contribution in [-0.4, -0.2) is 84.7 Å². The summed E-state index contributed by atoms with van der Waals surface area (Å²) in [7, 11) is 0. The molecule has 0 aliphatic carbocycles. The molecule has 0 bridgehead atoms. The second-order valence-corrected chi connectivity index (χ2v) is 8.71. The van der Waals surface area contributed by atoms with E-state index in [0.29, 0.717) is 13.7 Å². The van der Waals surface area contributed by atoms with Gasteiger partial charge in [0, 0.05) is 38.5 Å². The second-order valence-electron chi connectivity index (χ2n) is 8.71. The quantitative estimate of drug-likeness (QED) is 0.107. The molecule has 0 amide bonds. The molecular formula is C24H33N3O15. The van der Waals surface area contributed by atoms with E-state index in [1.807, 2.05) is 0 Å². The molecule has 42 heavy (non-hydrogen) atoms. The lowest BCUT2D eigenvalue weighted by atomic mass is 10.2. The van der Waals surface area contributed by atoms with E-state index in [0.717, 1.165) is 0 Å². The van der Waals surface area contributed by atoms with Crippen molar-refractivity contribution in [3.63, 3.8) is 0 Å². The molecule has 0 saturated carbocycles. The number of ether oxygens (including phenoxy) is 3. The summed E-state index contributed by atoms with van der Waals surface area (Å²) in [5, 5.41) is 25.9. The normalized spacial score (nSPS) is 10.6. The van der Waals surface area contributed by atoms with E-state index in [9.17, 15) is 43.2 Å². The van der Waals surface area contributed by atoms with Crippen LogP contribution < -0.4 is 17.1 Å². The lowest BCUT2D eigenvalue weighted by molar-refractivity contribution is -0.145. The third-order valence-electron chi connectivity index (χ3n) is 5.43. The van der Waals surface area contributed by atoms with E-state index in [-0.39, 0.29) is 57.8 Å². The standard InChI is InChI=1S/C24H33N3O15/c28-16(29)4-1-7-19(34)40-13-10-25-22(37)26(11-14-41-20(35)8-2-5-17(30)31)24(39)27(23(25)38)12-15-42-21(36)9-3-6-18(32)33/h1-15H2,(H,28,29)(H,30,31)(H,32,33). The van der Waals surface area contributed by atoms with Crippen molar-refractivity contribution in [3.05, 3.63) is 31.5 Å². The Morgan fingerprint density at radius 3 is 0.905 bits per heavy atom. The average Bonchev–Trinajstić information content (AvgIpc) is 2.89. The third-order valence-corrected chi connectivity index (χ3v) is 5.43. The van der Waals surface area contributed by atoms with Gasteiger partial charge in [0.1, 0.15) is 19.8 Å². The van der Waals surface area contributed by atoms with E-state index in [2.05, 4.69) is 0 Å². The summed E-state index contributed by atoms with van der Waals surface area (Å²) in [6.07, 6.45) is -1.43. The predicted octanol–water partition coefficient (Wildman–Crippen LogP) is -1.43. The van der Waals surface area contributed by atoms with Gasteiger partial charge in [-0.25, -0.2) is 28.1 Å². The van der Waals surface area contributed by atoms with Crippen LogP contribution in [0.2, 0.25) is 0 Å².